The highest BCUT2D eigenvalue weighted by Gasteiger charge is 2.12. The van der Waals surface area contributed by atoms with Gasteiger partial charge in [0.2, 0.25) is 0 Å². The molecular formula is C19H15BrClN3O3S. The maximum Gasteiger partial charge on any atom is 0.309 e. The Morgan fingerprint density at radius 3 is 2.79 bits per heavy atom. The summed E-state index contributed by atoms with van der Waals surface area (Å²) in [6.07, 6.45) is 1.37. The Morgan fingerprint density at radius 1 is 1.32 bits per heavy atom. The molecule has 144 valence electrons. The first-order chi connectivity index (χ1) is 13.5. The van der Waals surface area contributed by atoms with E-state index in [-0.39, 0.29) is 10.0 Å². The Balaban J connectivity index is 1.71. The Labute approximate surface area is 178 Å². The van der Waals surface area contributed by atoms with Gasteiger partial charge < -0.3 is 4.74 Å². The van der Waals surface area contributed by atoms with Gasteiger partial charge in [-0.3, -0.25) is 14.2 Å². The molecule has 0 aliphatic heterocycles. The van der Waals surface area contributed by atoms with E-state index in [1.807, 2.05) is 24.3 Å². The number of carbonyl (C=O) groups is 1. The van der Waals surface area contributed by atoms with Crippen LogP contribution < -0.4 is 15.0 Å². The number of rotatable bonds is 6. The molecule has 0 atom stereocenters. The first kappa shape index (κ1) is 20.3. The lowest BCUT2D eigenvalue weighted by molar-refractivity contribution is 0.0955. The summed E-state index contributed by atoms with van der Waals surface area (Å²) < 4.78 is 7.51. The summed E-state index contributed by atoms with van der Waals surface area (Å²) in [5.41, 5.74) is 3.77. The van der Waals surface area contributed by atoms with Gasteiger partial charge in [0.25, 0.3) is 5.91 Å². The minimum atomic E-state index is -0.395. The highest BCUT2D eigenvalue weighted by Crippen LogP contribution is 2.19. The van der Waals surface area contributed by atoms with Crippen LogP contribution in [0.1, 0.15) is 20.8 Å². The minimum absolute atomic E-state index is 0.200. The molecule has 0 aliphatic rings. The van der Waals surface area contributed by atoms with Crippen molar-refractivity contribution in [2.75, 3.05) is 7.11 Å². The van der Waals surface area contributed by atoms with Crippen molar-refractivity contribution in [2.24, 2.45) is 5.10 Å². The lowest BCUT2D eigenvalue weighted by Gasteiger charge is -2.04. The summed E-state index contributed by atoms with van der Waals surface area (Å²) in [5.74, 6) is 0.177. The number of carbonyl (C=O) groups excluding carboxylic acids is 1. The van der Waals surface area contributed by atoms with E-state index in [0.717, 1.165) is 21.4 Å². The number of benzene rings is 2. The monoisotopic (exact) mass is 479 g/mol. The van der Waals surface area contributed by atoms with E-state index in [2.05, 4.69) is 26.5 Å². The second-order valence-corrected chi connectivity index (χ2v) is 7.93. The van der Waals surface area contributed by atoms with Crippen molar-refractivity contribution in [3.8, 4) is 5.75 Å². The number of nitrogens with zero attached hydrogens (tertiary/aromatic N) is 2. The largest absolute Gasteiger partial charge is 0.497 e. The number of halogens is 2. The summed E-state index contributed by atoms with van der Waals surface area (Å²) in [5, 5.41) is 4.18. The van der Waals surface area contributed by atoms with E-state index < -0.39 is 5.91 Å². The average Bonchev–Trinajstić information content (AvgIpc) is 2.97. The molecule has 0 bridgehead atoms. The normalized spacial score (nSPS) is 11.0. The molecule has 1 amide bonds. The van der Waals surface area contributed by atoms with E-state index in [1.165, 1.54) is 17.9 Å². The predicted octanol–water partition coefficient (Wildman–Crippen LogP) is 4.15. The van der Waals surface area contributed by atoms with Crippen molar-refractivity contribution < 1.29 is 9.53 Å². The number of hydrogen-bond acceptors (Lipinski definition) is 5. The quantitative estimate of drug-likeness (QED) is 0.426. The fourth-order valence-electron chi connectivity index (χ4n) is 2.37. The van der Waals surface area contributed by atoms with Gasteiger partial charge in [-0.1, -0.05) is 57.1 Å². The molecule has 2 aromatic carbocycles. The molecule has 0 unspecified atom stereocenters. The van der Waals surface area contributed by atoms with Crippen LogP contribution in [0.15, 0.2) is 62.9 Å². The van der Waals surface area contributed by atoms with Crippen LogP contribution in [-0.4, -0.2) is 23.8 Å². The third-order valence-electron chi connectivity index (χ3n) is 3.79. The summed E-state index contributed by atoms with van der Waals surface area (Å²) in [7, 11) is 1.53. The number of methoxy groups -OCH3 is 1. The van der Waals surface area contributed by atoms with E-state index in [0.29, 0.717) is 22.7 Å². The predicted molar refractivity (Wildman–Crippen MR) is 115 cm³/mol. The highest BCUT2D eigenvalue weighted by atomic mass is 79.9. The van der Waals surface area contributed by atoms with E-state index in [4.69, 9.17) is 16.3 Å². The van der Waals surface area contributed by atoms with Crippen molar-refractivity contribution in [1.82, 2.24) is 9.99 Å². The van der Waals surface area contributed by atoms with Crippen LogP contribution in [0.5, 0.6) is 5.75 Å². The van der Waals surface area contributed by atoms with Crippen LogP contribution in [-0.2, 0) is 6.54 Å². The summed E-state index contributed by atoms with van der Waals surface area (Å²) in [6.45, 7) is 0.353. The molecule has 0 saturated carbocycles. The molecule has 28 heavy (non-hydrogen) atoms. The maximum atomic E-state index is 12.2. The molecular weight excluding hydrogens is 466 g/mol. The van der Waals surface area contributed by atoms with Gasteiger partial charge in [-0.25, -0.2) is 5.43 Å². The maximum absolute atomic E-state index is 12.2. The molecule has 0 fully saturated rings. The Hall–Kier alpha value is -2.42. The SMILES string of the molecule is COc1cccc(C(=O)NN=Cc2sc(=O)n(Cc3ccc(Br)cc3)c2Cl)c1. The number of nitrogens with one attached hydrogen (secondary N) is 1. The van der Waals surface area contributed by atoms with Crippen molar-refractivity contribution >= 4 is 51.0 Å². The van der Waals surface area contributed by atoms with Gasteiger partial charge in [-0.05, 0) is 35.9 Å². The number of hydrogen-bond donors (Lipinski definition) is 1. The van der Waals surface area contributed by atoms with Crippen LogP contribution >= 0.6 is 38.9 Å². The number of amides is 1. The van der Waals surface area contributed by atoms with Crippen molar-refractivity contribution in [3.05, 3.63) is 83.8 Å². The fraction of sp³-hybridized carbons (Fsp3) is 0.105. The van der Waals surface area contributed by atoms with Crippen LogP contribution in [0.3, 0.4) is 0 Å². The molecule has 3 aromatic rings. The second kappa shape index (κ2) is 9.18. The molecule has 0 radical (unpaired) electrons. The standard InChI is InChI=1S/C19H15BrClN3O3S/c1-27-15-4-2-3-13(9-15)18(25)23-22-10-16-17(21)24(19(26)28-16)11-12-5-7-14(20)8-6-12/h2-10H,11H2,1H3,(H,23,25). The highest BCUT2D eigenvalue weighted by molar-refractivity contribution is 9.10. The van der Waals surface area contributed by atoms with Crippen LogP contribution in [0.25, 0.3) is 0 Å². The van der Waals surface area contributed by atoms with Gasteiger partial charge in [0.05, 0.1) is 24.7 Å². The molecule has 1 aromatic heterocycles. The smallest absolute Gasteiger partial charge is 0.309 e. The first-order valence-corrected chi connectivity index (χ1v) is 10.1. The molecule has 9 heteroatoms. The molecule has 3 rings (SSSR count). The number of ether oxygens (including phenoxy) is 1. The number of thiazole rings is 1. The average molecular weight is 481 g/mol. The van der Waals surface area contributed by atoms with Crippen LogP contribution in [0.4, 0.5) is 0 Å². The first-order valence-electron chi connectivity index (χ1n) is 8.09. The van der Waals surface area contributed by atoms with E-state index in [9.17, 15) is 9.59 Å². The lowest BCUT2D eigenvalue weighted by atomic mass is 10.2. The molecule has 1 N–H and O–H groups in total. The zero-order valence-electron chi connectivity index (χ0n) is 14.7. The zero-order chi connectivity index (χ0) is 20.1. The molecule has 0 saturated heterocycles. The zero-order valence-corrected chi connectivity index (χ0v) is 17.8. The van der Waals surface area contributed by atoms with Gasteiger partial charge in [-0.15, -0.1) is 0 Å². The summed E-state index contributed by atoms with van der Waals surface area (Å²) in [4.78, 5) is 24.7. The topological polar surface area (TPSA) is 72.7 Å². The summed E-state index contributed by atoms with van der Waals surface area (Å²) in [6, 6.07) is 14.3. The van der Waals surface area contributed by atoms with Crippen molar-refractivity contribution in [1.29, 1.82) is 0 Å². The van der Waals surface area contributed by atoms with Gasteiger partial charge >= 0.3 is 4.87 Å². The van der Waals surface area contributed by atoms with Gasteiger partial charge in [0, 0.05) is 10.0 Å². The Bertz CT molecular complexity index is 1080. The second-order valence-electron chi connectivity index (χ2n) is 5.67. The fourth-order valence-corrected chi connectivity index (χ4v) is 3.74. The summed E-state index contributed by atoms with van der Waals surface area (Å²) >= 11 is 10.7. The third kappa shape index (κ3) is 4.89. The van der Waals surface area contributed by atoms with Gasteiger partial charge in [0.15, 0.2) is 0 Å². The van der Waals surface area contributed by atoms with E-state index >= 15 is 0 Å². The van der Waals surface area contributed by atoms with Gasteiger partial charge in [-0.2, -0.15) is 5.10 Å². The number of aromatic nitrogens is 1. The van der Waals surface area contributed by atoms with Gasteiger partial charge in [0.1, 0.15) is 10.9 Å². The number of hydrazone groups is 1. The third-order valence-corrected chi connectivity index (χ3v) is 5.75. The van der Waals surface area contributed by atoms with Crippen molar-refractivity contribution in [3.63, 3.8) is 0 Å². The lowest BCUT2D eigenvalue weighted by Crippen LogP contribution is -2.17. The Kier molecular flexibility index (Phi) is 6.66. The molecule has 0 spiro atoms. The van der Waals surface area contributed by atoms with Crippen LogP contribution in [0, 0.1) is 0 Å². The molecule has 6 nitrogen and oxygen atoms in total. The van der Waals surface area contributed by atoms with E-state index in [1.54, 1.807) is 24.3 Å². The van der Waals surface area contributed by atoms with Crippen LogP contribution in [0.2, 0.25) is 5.15 Å². The Morgan fingerprint density at radius 2 is 2.07 bits per heavy atom. The molecule has 0 aliphatic carbocycles. The van der Waals surface area contributed by atoms with Crippen molar-refractivity contribution in [2.45, 2.75) is 6.54 Å². The minimum Gasteiger partial charge on any atom is -0.497 e. The molecule has 1 heterocycles.